The summed E-state index contributed by atoms with van der Waals surface area (Å²) in [6.07, 6.45) is 7.31. The van der Waals surface area contributed by atoms with Gasteiger partial charge in [0.05, 0.1) is 4.90 Å². The molecule has 4 heteroatoms. The highest BCUT2D eigenvalue weighted by Gasteiger charge is 2.38. The Balaban J connectivity index is 1.95. The lowest BCUT2D eigenvalue weighted by atomic mass is 9.93. The highest BCUT2D eigenvalue weighted by molar-refractivity contribution is 7.89. The smallest absolute Gasteiger partial charge is 0.207 e. The van der Waals surface area contributed by atoms with Crippen molar-refractivity contribution in [1.29, 1.82) is 0 Å². The minimum Gasteiger partial charge on any atom is -0.207 e. The van der Waals surface area contributed by atoms with Crippen LogP contribution in [-0.4, -0.2) is 25.3 Å². The van der Waals surface area contributed by atoms with Crippen LogP contribution in [0, 0.1) is 12.8 Å². The Morgan fingerprint density at radius 2 is 1.95 bits per heavy atom. The molecule has 102 valence electrons. The van der Waals surface area contributed by atoms with Crippen molar-refractivity contribution in [3.8, 4) is 0 Å². The maximum Gasteiger partial charge on any atom is 0.243 e. The summed E-state index contributed by atoms with van der Waals surface area (Å²) in [6.45, 7) is 2.61. The van der Waals surface area contributed by atoms with Gasteiger partial charge in [-0.2, -0.15) is 4.31 Å². The zero-order chi connectivity index (χ0) is 13.5. The highest BCUT2D eigenvalue weighted by atomic mass is 32.2. The predicted molar refractivity (Wildman–Crippen MR) is 75.3 cm³/mol. The van der Waals surface area contributed by atoms with Crippen molar-refractivity contribution in [1.82, 2.24) is 4.31 Å². The maximum atomic E-state index is 12.7. The number of rotatable bonds is 2. The average Bonchev–Trinajstić information content (AvgIpc) is 2.87. The molecule has 1 aliphatic carbocycles. The van der Waals surface area contributed by atoms with Crippen molar-refractivity contribution in [3.05, 3.63) is 42.0 Å². The molecule has 1 aromatic rings. The number of allylic oxidation sites excluding steroid dienone is 1. The van der Waals surface area contributed by atoms with Gasteiger partial charge in [-0.15, -0.1) is 0 Å². The number of piperidine rings is 1. The average molecular weight is 277 g/mol. The fraction of sp³-hybridized carbons (Fsp3) is 0.467. The van der Waals surface area contributed by atoms with E-state index in [9.17, 15) is 8.42 Å². The number of benzene rings is 1. The fourth-order valence-electron chi connectivity index (χ4n) is 3.09. The molecule has 19 heavy (non-hydrogen) atoms. The second-order valence-corrected chi connectivity index (χ2v) is 7.38. The number of sulfonamides is 1. The zero-order valence-electron chi connectivity index (χ0n) is 11.1. The molecule has 0 saturated carbocycles. The van der Waals surface area contributed by atoms with Crippen molar-refractivity contribution in [3.63, 3.8) is 0 Å². The lowest BCUT2D eigenvalue weighted by Gasteiger charge is -2.36. The third-order valence-corrected chi connectivity index (χ3v) is 6.08. The first kappa shape index (κ1) is 12.9. The van der Waals surface area contributed by atoms with Gasteiger partial charge in [-0.05, 0) is 44.2 Å². The third kappa shape index (κ3) is 2.23. The van der Waals surface area contributed by atoms with E-state index < -0.39 is 10.0 Å². The number of hydrogen-bond donors (Lipinski definition) is 0. The SMILES string of the molecule is Cc1ccc(S(=O)(=O)N2CCC[C@@H]3CC=C[C@@H]32)cc1. The van der Waals surface area contributed by atoms with Gasteiger partial charge in [0.15, 0.2) is 0 Å². The molecule has 2 aliphatic rings. The molecule has 2 atom stereocenters. The summed E-state index contributed by atoms with van der Waals surface area (Å²) in [5, 5.41) is 0. The fourth-order valence-corrected chi connectivity index (χ4v) is 4.78. The summed E-state index contributed by atoms with van der Waals surface area (Å²) >= 11 is 0. The summed E-state index contributed by atoms with van der Waals surface area (Å²) in [7, 11) is -3.35. The Labute approximate surface area is 115 Å². The monoisotopic (exact) mass is 277 g/mol. The van der Waals surface area contributed by atoms with Crippen LogP contribution in [0.5, 0.6) is 0 Å². The topological polar surface area (TPSA) is 37.4 Å². The Kier molecular flexibility index (Phi) is 3.23. The second kappa shape index (κ2) is 4.76. The van der Waals surface area contributed by atoms with Crippen molar-refractivity contribution in [2.75, 3.05) is 6.54 Å². The number of aryl methyl sites for hydroxylation is 1. The molecular formula is C15H19NO2S. The van der Waals surface area contributed by atoms with Crippen LogP contribution in [0.15, 0.2) is 41.3 Å². The zero-order valence-corrected chi connectivity index (χ0v) is 11.9. The highest BCUT2D eigenvalue weighted by Crippen LogP contribution is 2.35. The molecule has 0 spiro atoms. The van der Waals surface area contributed by atoms with E-state index in [1.165, 1.54) is 0 Å². The molecule has 0 radical (unpaired) electrons. The van der Waals surface area contributed by atoms with E-state index in [4.69, 9.17) is 0 Å². The van der Waals surface area contributed by atoms with Gasteiger partial charge in [0.2, 0.25) is 10.0 Å². The molecule has 1 aliphatic heterocycles. The quantitative estimate of drug-likeness (QED) is 0.779. The van der Waals surface area contributed by atoms with Crippen LogP contribution in [0.4, 0.5) is 0 Å². The summed E-state index contributed by atoms with van der Waals surface area (Å²) in [4.78, 5) is 0.416. The van der Waals surface area contributed by atoms with Crippen LogP contribution in [0.25, 0.3) is 0 Å². The van der Waals surface area contributed by atoms with Gasteiger partial charge in [0.1, 0.15) is 0 Å². The minimum atomic E-state index is -3.35. The van der Waals surface area contributed by atoms with Crippen LogP contribution in [0.2, 0.25) is 0 Å². The minimum absolute atomic E-state index is 0.0695. The van der Waals surface area contributed by atoms with Crippen LogP contribution < -0.4 is 0 Å². The van der Waals surface area contributed by atoms with Crippen molar-refractivity contribution in [2.24, 2.45) is 5.92 Å². The Morgan fingerprint density at radius 3 is 2.68 bits per heavy atom. The van der Waals surface area contributed by atoms with Gasteiger partial charge in [-0.1, -0.05) is 29.8 Å². The van der Waals surface area contributed by atoms with Gasteiger partial charge in [0.25, 0.3) is 0 Å². The Bertz CT molecular complexity index is 589. The lowest BCUT2D eigenvalue weighted by molar-refractivity contribution is 0.224. The number of fused-ring (bicyclic) bond motifs is 1. The lowest BCUT2D eigenvalue weighted by Crippen LogP contribution is -2.45. The van der Waals surface area contributed by atoms with Crippen LogP contribution in [-0.2, 0) is 10.0 Å². The first-order valence-corrected chi connectivity index (χ1v) is 8.28. The molecule has 1 saturated heterocycles. The summed E-state index contributed by atoms with van der Waals surface area (Å²) < 4.78 is 27.2. The number of hydrogen-bond acceptors (Lipinski definition) is 2. The van der Waals surface area contributed by atoms with E-state index in [-0.39, 0.29) is 6.04 Å². The van der Waals surface area contributed by atoms with Crippen molar-refractivity contribution < 1.29 is 8.42 Å². The molecule has 0 unspecified atom stereocenters. The van der Waals surface area contributed by atoms with Crippen LogP contribution in [0.1, 0.15) is 24.8 Å². The molecule has 0 aromatic heterocycles. The van der Waals surface area contributed by atoms with Gasteiger partial charge in [0, 0.05) is 12.6 Å². The molecule has 0 bridgehead atoms. The van der Waals surface area contributed by atoms with Gasteiger partial charge >= 0.3 is 0 Å². The van der Waals surface area contributed by atoms with Gasteiger partial charge < -0.3 is 0 Å². The van der Waals surface area contributed by atoms with E-state index in [0.29, 0.717) is 17.4 Å². The largest absolute Gasteiger partial charge is 0.243 e. The molecule has 0 N–H and O–H groups in total. The van der Waals surface area contributed by atoms with Crippen LogP contribution in [0.3, 0.4) is 0 Å². The van der Waals surface area contributed by atoms with E-state index in [1.807, 2.05) is 19.1 Å². The Hall–Kier alpha value is -1.13. The first-order chi connectivity index (χ1) is 9.09. The summed E-state index contributed by atoms with van der Waals surface area (Å²) in [6, 6.07) is 7.22. The molecule has 3 nitrogen and oxygen atoms in total. The molecule has 1 fully saturated rings. The van der Waals surface area contributed by atoms with E-state index >= 15 is 0 Å². The van der Waals surface area contributed by atoms with Gasteiger partial charge in [-0.25, -0.2) is 8.42 Å². The third-order valence-electron chi connectivity index (χ3n) is 4.17. The predicted octanol–water partition coefficient (Wildman–Crippen LogP) is 2.72. The Morgan fingerprint density at radius 1 is 1.21 bits per heavy atom. The summed E-state index contributed by atoms with van der Waals surface area (Å²) in [5.74, 6) is 0.481. The van der Waals surface area contributed by atoms with Crippen molar-refractivity contribution in [2.45, 2.75) is 37.1 Å². The molecular weight excluding hydrogens is 258 g/mol. The molecule has 1 heterocycles. The van der Waals surface area contributed by atoms with Crippen molar-refractivity contribution >= 4 is 10.0 Å². The van der Waals surface area contributed by atoms with Crippen LogP contribution >= 0.6 is 0 Å². The second-order valence-electron chi connectivity index (χ2n) is 5.49. The molecule has 3 rings (SSSR count). The standard InChI is InChI=1S/C15H19NO2S/c1-12-7-9-14(10-8-12)19(17,18)16-11-3-5-13-4-2-6-15(13)16/h2,6-10,13,15H,3-5,11H2,1H3/t13-,15-/m0/s1. The maximum absolute atomic E-state index is 12.7. The van der Waals surface area contributed by atoms with E-state index in [1.54, 1.807) is 16.4 Å². The first-order valence-electron chi connectivity index (χ1n) is 6.84. The van der Waals surface area contributed by atoms with Gasteiger partial charge in [-0.3, -0.25) is 0 Å². The van der Waals surface area contributed by atoms with E-state index in [0.717, 1.165) is 24.8 Å². The normalized spacial score (nSPS) is 27.4. The molecule has 0 amide bonds. The molecule has 1 aromatic carbocycles. The van der Waals surface area contributed by atoms with E-state index in [2.05, 4.69) is 12.2 Å². The summed E-state index contributed by atoms with van der Waals surface area (Å²) in [5.41, 5.74) is 1.08. The number of nitrogens with zero attached hydrogens (tertiary/aromatic N) is 1.